The van der Waals surface area contributed by atoms with Gasteiger partial charge in [0.05, 0.1) is 29.4 Å². The number of hydrogen-bond acceptors (Lipinski definition) is 4. The summed E-state index contributed by atoms with van der Waals surface area (Å²) >= 11 is 0. The Labute approximate surface area is 176 Å². The summed E-state index contributed by atoms with van der Waals surface area (Å²) in [7, 11) is 0. The molecule has 0 saturated heterocycles. The number of hydrogen-bond donors (Lipinski definition) is 3. The number of halogens is 1. The molecule has 0 atom stereocenters. The average Bonchev–Trinajstić information content (AvgIpc) is 2.75. The third-order valence-electron chi connectivity index (χ3n) is 4.35. The molecule has 3 aromatic rings. The van der Waals surface area contributed by atoms with E-state index in [2.05, 4.69) is 10.6 Å². The fourth-order valence-electron chi connectivity index (χ4n) is 2.94. The quantitative estimate of drug-likeness (QED) is 0.398. The second-order valence-electron chi connectivity index (χ2n) is 6.51. The first kappa shape index (κ1) is 21.2. The third-order valence-corrected chi connectivity index (χ3v) is 4.35. The van der Waals surface area contributed by atoms with Gasteiger partial charge in [0.15, 0.2) is 5.78 Å². The number of nitrogens with zero attached hydrogens (tertiary/aromatic N) is 1. The Bertz CT molecular complexity index is 1220. The van der Waals surface area contributed by atoms with Crippen molar-refractivity contribution in [3.8, 4) is 17.2 Å². The Kier molecular flexibility index (Phi) is 6.38. The molecule has 7 nitrogen and oxygen atoms in total. The van der Waals surface area contributed by atoms with Gasteiger partial charge in [-0.25, -0.2) is 9.18 Å². The minimum absolute atomic E-state index is 0.0693. The standard InChI is InChI=1S/C23H16FN3O4/c24-18-7-2-1-6-17(18)15-8-9-19(27-23(30)31)20(11-15)26-22(29)12-21(28)16-5-3-4-14(10-16)13-25/h1-11,27H,12H2,(H,26,29)(H,30,31). The molecule has 0 aliphatic rings. The Balaban J connectivity index is 1.85. The summed E-state index contributed by atoms with van der Waals surface area (Å²) in [4.78, 5) is 35.9. The maximum Gasteiger partial charge on any atom is 0.409 e. The zero-order valence-corrected chi connectivity index (χ0v) is 16.1. The van der Waals surface area contributed by atoms with E-state index < -0.39 is 30.0 Å². The summed E-state index contributed by atoms with van der Waals surface area (Å²) in [6.07, 6.45) is -1.87. The van der Waals surface area contributed by atoms with E-state index in [1.165, 1.54) is 54.6 Å². The molecule has 0 aromatic heterocycles. The molecule has 0 fully saturated rings. The van der Waals surface area contributed by atoms with Gasteiger partial charge in [0.25, 0.3) is 0 Å². The molecule has 0 bridgehead atoms. The van der Waals surface area contributed by atoms with E-state index in [1.54, 1.807) is 12.1 Å². The topological polar surface area (TPSA) is 119 Å². The number of benzene rings is 3. The molecule has 0 unspecified atom stereocenters. The monoisotopic (exact) mass is 417 g/mol. The highest BCUT2D eigenvalue weighted by atomic mass is 19.1. The number of nitrogens with one attached hydrogen (secondary N) is 2. The SMILES string of the molecule is N#Cc1cccc(C(=O)CC(=O)Nc2cc(-c3ccccc3F)ccc2NC(=O)O)c1. The van der Waals surface area contributed by atoms with E-state index in [9.17, 15) is 18.8 Å². The van der Waals surface area contributed by atoms with Crippen LogP contribution in [0.4, 0.5) is 20.6 Å². The van der Waals surface area contributed by atoms with Gasteiger partial charge in [0.1, 0.15) is 5.82 Å². The van der Waals surface area contributed by atoms with Crippen LogP contribution in [0.25, 0.3) is 11.1 Å². The zero-order chi connectivity index (χ0) is 22.4. The van der Waals surface area contributed by atoms with Crippen LogP contribution in [0.15, 0.2) is 66.7 Å². The van der Waals surface area contributed by atoms with E-state index in [4.69, 9.17) is 10.4 Å². The molecule has 8 heteroatoms. The van der Waals surface area contributed by atoms with Crippen LogP contribution in [0.3, 0.4) is 0 Å². The van der Waals surface area contributed by atoms with Crippen molar-refractivity contribution in [2.75, 3.05) is 10.6 Å². The predicted molar refractivity (Wildman–Crippen MR) is 112 cm³/mol. The third kappa shape index (κ3) is 5.31. The largest absolute Gasteiger partial charge is 0.465 e. The number of carboxylic acid groups (broad SMARTS) is 1. The summed E-state index contributed by atoms with van der Waals surface area (Å²) < 4.78 is 14.1. The lowest BCUT2D eigenvalue weighted by Gasteiger charge is -2.13. The minimum atomic E-state index is -1.35. The molecular weight excluding hydrogens is 401 g/mol. The smallest absolute Gasteiger partial charge is 0.409 e. The first-order valence-corrected chi connectivity index (χ1v) is 9.09. The van der Waals surface area contributed by atoms with Crippen LogP contribution in [-0.4, -0.2) is 22.9 Å². The van der Waals surface area contributed by atoms with Crippen LogP contribution >= 0.6 is 0 Å². The van der Waals surface area contributed by atoms with E-state index in [0.29, 0.717) is 5.56 Å². The maximum absolute atomic E-state index is 14.1. The van der Waals surface area contributed by atoms with Gasteiger partial charge in [-0.2, -0.15) is 5.26 Å². The number of anilines is 2. The van der Waals surface area contributed by atoms with Gasteiger partial charge >= 0.3 is 6.09 Å². The van der Waals surface area contributed by atoms with Gasteiger partial charge in [0, 0.05) is 11.1 Å². The predicted octanol–water partition coefficient (Wildman–Crippen LogP) is 4.67. The molecule has 3 aromatic carbocycles. The van der Waals surface area contributed by atoms with E-state index in [-0.39, 0.29) is 28.1 Å². The molecule has 0 saturated carbocycles. The Morgan fingerprint density at radius 1 is 0.935 bits per heavy atom. The van der Waals surface area contributed by atoms with E-state index >= 15 is 0 Å². The molecular formula is C23H16FN3O4. The second kappa shape index (κ2) is 9.33. The molecule has 2 amide bonds. The minimum Gasteiger partial charge on any atom is -0.465 e. The molecule has 0 spiro atoms. The number of amides is 2. The lowest BCUT2D eigenvalue weighted by atomic mass is 10.0. The lowest BCUT2D eigenvalue weighted by Crippen LogP contribution is -2.18. The van der Waals surface area contributed by atoms with Gasteiger partial charge in [-0.05, 0) is 35.9 Å². The lowest BCUT2D eigenvalue weighted by molar-refractivity contribution is -0.115. The highest BCUT2D eigenvalue weighted by Gasteiger charge is 2.16. The molecule has 3 N–H and O–H groups in total. The summed E-state index contributed by atoms with van der Waals surface area (Å²) in [6.45, 7) is 0. The van der Waals surface area contributed by atoms with Crippen molar-refractivity contribution in [2.45, 2.75) is 6.42 Å². The van der Waals surface area contributed by atoms with Crippen LogP contribution in [0.5, 0.6) is 0 Å². The van der Waals surface area contributed by atoms with Crippen LogP contribution in [0.2, 0.25) is 0 Å². The number of nitriles is 1. The van der Waals surface area contributed by atoms with Crippen LogP contribution in [0.1, 0.15) is 22.3 Å². The van der Waals surface area contributed by atoms with Gasteiger partial charge in [-0.15, -0.1) is 0 Å². The van der Waals surface area contributed by atoms with Crippen molar-refractivity contribution in [2.24, 2.45) is 0 Å². The van der Waals surface area contributed by atoms with Crippen molar-refractivity contribution in [3.63, 3.8) is 0 Å². The van der Waals surface area contributed by atoms with Crippen molar-refractivity contribution >= 4 is 29.2 Å². The number of Topliss-reactive ketones (excluding diaryl/α,β-unsaturated/α-hetero) is 1. The fourth-order valence-corrected chi connectivity index (χ4v) is 2.94. The molecule has 31 heavy (non-hydrogen) atoms. The van der Waals surface area contributed by atoms with Gasteiger partial charge < -0.3 is 10.4 Å². The van der Waals surface area contributed by atoms with E-state index in [1.807, 2.05) is 6.07 Å². The Hall–Kier alpha value is -4.51. The van der Waals surface area contributed by atoms with Crippen molar-refractivity contribution in [3.05, 3.63) is 83.7 Å². The van der Waals surface area contributed by atoms with E-state index in [0.717, 1.165) is 0 Å². The van der Waals surface area contributed by atoms with Crippen molar-refractivity contribution in [1.29, 1.82) is 5.26 Å². The zero-order valence-electron chi connectivity index (χ0n) is 16.1. The van der Waals surface area contributed by atoms with Crippen molar-refractivity contribution in [1.82, 2.24) is 0 Å². The normalized spacial score (nSPS) is 10.1. The molecule has 0 heterocycles. The Morgan fingerprint density at radius 3 is 2.42 bits per heavy atom. The van der Waals surface area contributed by atoms with Crippen LogP contribution in [0, 0.1) is 17.1 Å². The van der Waals surface area contributed by atoms with Crippen molar-refractivity contribution < 1.29 is 23.9 Å². The number of ketones is 1. The molecule has 154 valence electrons. The second-order valence-corrected chi connectivity index (χ2v) is 6.51. The Morgan fingerprint density at radius 2 is 1.71 bits per heavy atom. The first-order valence-electron chi connectivity index (χ1n) is 9.09. The number of carbonyl (C=O) groups is 3. The van der Waals surface area contributed by atoms with Gasteiger partial charge in [-0.3, -0.25) is 14.9 Å². The molecule has 0 radical (unpaired) electrons. The van der Waals surface area contributed by atoms with Crippen LogP contribution < -0.4 is 10.6 Å². The fraction of sp³-hybridized carbons (Fsp3) is 0.0435. The summed E-state index contributed by atoms with van der Waals surface area (Å²) in [5.74, 6) is -1.68. The summed E-state index contributed by atoms with van der Waals surface area (Å²) in [6, 6.07) is 18.2. The first-order chi connectivity index (χ1) is 14.9. The number of rotatable bonds is 6. The van der Waals surface area contributed by atoms with Crippen LogP contribution in [-0.2, 0) is 4.79 Å². The highest BCUT2D eigenvalue weighted by Crippen LogP contribution is 2.30. The van der Waals surface area contributed by atoms with Gasteiger partial charge in [-0.1, -0.05) is 36.4 Å². The summed E-state index contributed by atoms with van der Waals surface area (Å²) in [5.41, 5.74) is 1.32. The summed E-state index contributed by atoms with van der Waals surface area (Å²) in [5, 5.41) is 22.6. The molecule has 0 aliphatic heterocycles. The van der Waals surface area contributed by atoms with Gasteiger partial charge in [0.2, 0.25) is 5.91 Å². The highest BCUT2D eigenvalue weighted by molar-refractivity contribution is 6.12. The number of carbonyl (C=O) groups excluding carboxylic acids is 2. The molecule has 0 aliphatic carbocycles. The maximum atomic E-state index is 14.1. The molecule has 3 rings (SSSR count). The average molecular weight is 417 g/mol.